The van der Waals surface area contributed by atoms with Crippen LogP contribution in [0.2, 0.25) is 0 Å². The second-order valence-electron chi connectivity index (χ2n) is 6.53. The molecule has 0 bridgehead atoms. The fraction of sp³-hybridized carbons (Fsp3) is 0.882. The van der Waals surface area contributed by atoms with E-state index in [1.165, 1.54) is 45.4 Å². The standard InChI is InChI=1S/C17H34NO7P/c1-3-4-5-6-7-8-9-10-11-12-13-18(15(2)19)16(17(20)21)14-25-26(22,23)24/h16H,3-14H2,1-2H3,(H,20,21)(H2,22,23,24)/t16-/m0/s1. The van der Waals surface area contributed by atoms with E-state index < -0.39 is 32.3 Å². The van der Waals surface area contributed by atoms with Gasteiger partial charge < -0.3 is 19.8 Å². The van der Waals surface area contributed by atoms with Crippen molar-refractivity contribution >= 4 is 19.7 Å². The Bertz CT molecular complexity index is 452. The minimum atomic E-state index is -4.79. The van der Waals surface area contributed by atoms with E-state index >= 15 is 0 Å². The topological polar surface area (TPSA) is 124 Å². The second kappa shape index (κ2) is 14.2. The monoisotopic (exact) mass is 395 g/mol. The molecule has 0 aliphatic rings. The van der Waals surface area contributed by atoms with Gasteiger partial charge in [0.2, 0.25) is 5.91 Å². The lowest BCUT2D eigenvalue weighted by Gasteiger charge is -2.27. The lowest BCUT2D eigenvalue weighted by molar-refractivity contribution is -0.151. The first-order valence-electron chi connectivity index (χ1n) is 9.39. The highest BCUT2D eigenvalue weighted by Crippen LogP contribution is 2.36. The fourth-order valence-corrected chi connectivity index (χ4v) is 3.10. The highest BCUT2D eigenvalue weighted by Gasteiger charge is 2.30. The summed E-state index contributed by atoms with van der Waals surface area (Å²) in [7, 11) is -4.79. The zero-order valence-corrected chi connectivity index (χ0v) is 16.8. The molecule has 8 nitrogen and oxygen atoms in total. The largest absolute Gasteiger partial charge is 0.480 e. The van der Waals surface area contributed by atoms with Crippen LogP contribution in [0.5, 0.6) is 0 Å². The fourth-order valence-electron chi connectivity index (χ4n) is 2.76. The smallest absolute Gasteiger partial charge is 0.469 e. The van der Waals surface area contributed by atoms with E-state index in [0.717, 1.165) is 24.2 Å². The van der Waals surface area contributed by atoms with Crippen LogP contribution in [0.4, 0.5) is 0 Å². The molecule has 0 aliphatic carbocycles. The quantitative estimate of drug-likeness (QED) is 0.270. The Labute approximate surface area is 156 Å². The first kappa shape index (κ1) is 25.1. The lowest BCUT2D eigenvalue weighted by Crippen LogP contribution is -2.47. The zero-order chi connectivity index (χ0) is 20.0. The number of unbranched alkanes of at least 4 members (excludes halogenated alkanes) is 9. The highest BCUT2D eigenvalue weighted by molar-refractivity contribution is 7.46. The second-order valence-corrected chi connectivity index (χ2v) is 7.77. The maximum atomic E-state index is 11.7. The summed E-state index contributed by atoms with van der Waals surface area (Å²) in [6.45, 7) is 2.92. The van der Waals surface area contributed by atoms with Crippen LogP contribution in [0.15, 0.2) is 0 Å². The molecular weight excluding hydrogens is 361 g/mol. The lowest BCUT2D eigenvalue weighted by atomic mass is 10.1. The summed E-state index contributed by atoms with van der Waals surface area (Å²) < 4.78 is 15.0. The predicted molar refractivity (Wildman–Crippen MR) is 98.7 cm³/mol. The Balaban J connectivity index is 4.15. The number of rotatable bonds is 16. The molecule has 0 fully saturated rings. The van der Waals surface area contributed by atoms with Gasteiger partial charge in [0.05, 0.1) is 6.61 Å². The molecule has 0 unspecified atom stereocenters. The van der Waals surface area contributed by atoms with E-state index in [1.807, 2.05) is 0 Å². The Hall–Kier alpha value is -0.950. The van der Waals surface area contributed by atoms with Crippen LogP contribution in [-0.4, -0.2) is 50.9 Å². The van der Waals surface area contributed by atoms with Crippen molar-refractivity contribution < 1.29 is 33.6 Å². The molecule has 1 atom stereocenters. The summed E-state index contributed by atoms with van der Waals surface area (Å²) in [5.74, 6) is -1.80. The minimum Gasteiger partial charge on any atom is -0.480 e. The first-order chi connectivity index (χ1) is 12.2. The normalized spacial score (nSPS) is 12.8. The first-order valence-corrected chi connectivity index (χ1v) is 10.9. The van der Waals surface area contributed by atoms with Crippen LogP contribution < -0.4 is 0 Å². The number of nitrogens with zero attached hydrogens (tertiary/aromatic N) is 1. The average Bonchev–Trinajstić information content (AvgIpc) is 2.53. The van der Waals surface area contributed by atoms with Crippen molar-refractivity contribution in [3.05, 3.63) is 0 Å². The van der Waals surface area contributed by atoms with Crippen molar-refractivity contribution in [1.29, 1.82) is 0 Å². The maximum Gasteiger partial charge on any atom is 0.469 e. The molecule has 0 radical (unpaired) electrons. The molecule has 0 rings (SSSR count). The van der Waals surface area contributed by atoms with Gasteiger partial charge in [0.25, 0.3) is 0 Å². The van der Waals surface area contributed by atoms with Crippen LogP contribution in [0.25, 0.3) is 0 Å². The third kappa shape index (κ3) is 13.3. The summed E-state index contributed by atoms with van der Waals surface area (Å²) >= 11 is 0. The number of carbonyl (C=O) groups excluding carboxylic acids is 1. The van der Waals surface area contributed by atoms with Crippen LogP contribution in [0, 0.1) is 0 Å². The Morgan fingerprint density at radius 1 is 0.962 bits per heavy atom. The maximum absolute atomic E-state index is 11.7. The Morgan fingerprint density at radius 2 is 1.42 bits per heavy atom. The molecule has 0 aromatic rings. The van der Waals surface area contributed by atoms with E-state index in [-0.39, 0.29) is 6.54 Å². The molecule has 0 aromatic heterocycles. The van der Waals surface area contributed by atoms with Crippen molar-refractivity contribution in [3.8, 4) is 0 Å². The van der Waals surface area contributed by atoms with E-state index in [0.29, 0.717) is 6.42 Å². The predicted octanol–water partition coefficient (Wildman–Crippen LogP) is 3.32. The molecule has 154 valence electrons. The SMILES string of the molecule is CCCCCCCCCCCCN(C(C)=O)[C@@H](COP(=O)(O)O)C(=O)O. The molecule has 9 heteroatoms. The van der Waals surface area contributed by atoms with Gasteiger partial charge in [-0.15, -0.1) is 0 Å². The summed E-state index contributed by atoms with van der Waals surface area (Å²) in [4.78, 5) is 41.6. The van der Waals surface area contributed by atoms with Crippen LogP contribution in [0.1, 0.15) is 78.1 Å². The van der Waals surface area contributed by atoms with Crippen molar-refractivity contribution in [3.63, 3.8) is 0 Å². The summed E-state index contributed by atoms with van der Waals surface area (Å²) in [6, 6.07) is -1.40. The Morgan fingerprint density at radius 3 is 1.81 bits per heavy atom. The number of hydrogen-bond donors (Lipinski definition) is 3. The van der Waals surface area contributed by atoms with Gasteiger partial charge in [-0.1, -0.05) is 64.7 Å². The molecule has 0 saturated heterocycles. The van der Waals surface area contributed by atoms with Gasteiger partial charge in [-0.05, 0) is 6.42 Å². The van der Waals surface area contributed by atoms with Gasteiger partial charge in [-0.2, -0.15) is 0 Å². The summed E-state index contributed by atoms with van der Waals surface area (Å²) in [5, 5.41) is 9.22. The van der Waals surface area contributed by atoms with Crippen molar-refractivity contribution in [2.75, 3.05) is 13.2 Å². The number of carboxylic acid groups (broad SMARTS) is 1. The molecule has 26 heavy (non-hydrogen) atoms. The molecule has 0 heterocycles. The van der Waals surface area contributed by atoms with Gasteiger partial charge in [-0.3, -0.25) is 9.32 Å². The number of carboxylic acids is 1. The molecular formula is C17H34NO7P. The van der Waals surface area contributed by atoms with Crippen LogP contribution in [0.3, 0.4) is 0 Å². The van der Waals surface area contributed by atoms with E-state index in [2.05, 4.69) is 11.4 Å². The third-order valence-electron chi connectivity index (χ3n) is 4.22. The van der Waals surface area contributed by atoms with Gasteiger partial charge in [0.15, 0.2) is 6.04 Å². The molecule has 0 spiro atoms. The molecule has 0 aromatic carbocycles. The molecule has 3 N–H and O–H groups in total. The number of phosphoric ester groups is 1. The molecule has 0 saturated carbocycles. The van der Waals surface area contributed by atoms with Gasteiger partial charge in [0.1, 0.15) is 0 Å². The van der Waals surface area contributed by atoms with Crippen molar-refractivity contribution in [1.82, 2.24) is 4.90 Å². The van der Waals surface area contributed by atoms with Gasteiger partial charge >= 0.3 is 13.8 Å². The Kier molecular flexibility index (Phi) is 13.6. The van der Waals surface area contributed by atoms with Gasteiger partial charge in [0, 0.05) is 13.5 Å². The average molecular weight is 395 g/mol. The van der Waals surface area contributed by atoms with E-state index in [1.54, 1.807) is 0 Å². The zero-order valence-electron chi connectivity index (χ0n) is 15.9. The third-order valence-corrected chi connectivity index (χ3v) is 4.70. The molecule has 1 amide bonds. The van der Waals surface area contributed by atoms with Crippen molar-refractivity contribution in [2.24, 2.45) is 0 Å². The number of phosphoric acid groups is 1. The number of amides is 1. The minimum absolute atomic E-state index is 0.229. The number of carbonyl (C=O) groups is 2. The summed E-state index contributed by atoms with van der Waals surface area (Å²) in [5.41, 5.74) is 0. The number of hydrogen-bond acceptors (Lipinski definition) is 4. The van der Waals surface area contributed by atoms with Crippen LogP contribution in [-0.2, 0) is 18.7 Å². The van der Waals surface area contributed by atoms with E-state index in [4.69, 9.17) is 9.79 Å². The number of aliphatic carboxylic acids is 1. The van der Waals surface area contributed by atoms with Crippen molar-refractivity contribution in [2.45, 2.75) is 84.1 Å². The van der Waals surface area contributed by atoms with Gasteiger partial charge in [-0.25, -0.2) is 9.36 Å². The highest BCUT2D eigenvalue weighted by atomic mass is 31.2. The molecule has 0 aliphatic heterocycles. The van der Waals surface area contributed by atoms with Crippen LogP contribution >= 0.6 is 7.82 Å². The summed E-state index contributed by atoms with van der Waals surface area (Å²) in [6.07, 6.45) is 11.2. The van der Waals surface area contributed by atoms with E-state index in [9.17, 15) is 19.3 Å².